The van der Waals surface area contributed by atoms with Crippen LogP contribution in [0.4, 0.5) is 10.3 Å². The molecule has 6 nitrogen and oxygen atoms in total. The van der Waals surface area contributed by atoms with Gasteiger partial charge in [-0.2, -0.15) is 0 Å². The molecule has 1 atom stereocenters. The Morgan fingerprint density at radius 2 is 1.79 bits per heavy atom. The van der Waals surface area contributed by atoms with Crippen LogP contribution in [0.3, 0.4) is 0 Å². The summed E-state index contributed by atoms with van der Waals surface area (Å²) in [6.45, 7) is 8.71. The van der Waals surface area contributed by atoms with Crippen molar-refractivity contribution in [2.45, 2.75) is 32.9 Å². The minimum atomic E-state index is -0.139. The Morgan fingerprint density at radius 1 is 1.03 bits per heavy atom. The maximum atomic E-state index is 14.5. The zero-order chi connectivity index (χ0) is 26.7. The van der Waals surface area contributed by atoms with Crippen LogP contribution >= 0.6 is 11.6 Å². The van der Waals surface area contributed by atoms with E-state index in [0.29, 0.717) is 22.7 Å². The molecule has 2 aliphatic rings. The van der Waals surface area contributed by atoms with Gasteiger partial charge in [-0.3, -0.25) is 0 Å². The normalized spacial score (nSPS) is 17.7. The van der Waals surface area contributed by atoms with Gasteiger partial charge in [0.05, 0.1) is 23.6 Å². The monoisotopic (exact) mass is 542 g/mol. The smallest absolute Gasteiger partial charge is 0.206 e. The summed E-state index contributed by atoms with van der Waals surface area (Å²) in [4.78, 5) is 11.4. The Morgan fingerprint density at radius 3 is 2.59 bits per heavy atom. The molecule has 2 aliphatic heterocycles. The number of hydrogen-bond acceptors (Lipinski definition) is 4. The number of aromatic nitrogens is 3. The van der Waals surface area contributed by atoms with E-state index in [1.807, 2.05) is 32.0 Å². The summed E-state index contributed by atoms with van der Waals surface area (Å²) < 4.78 is 16.7. The topological polar surface area (TPSA) is 60.9 Å². The molecule has 0 saturated carbocycles. The lowest BCUT2D eigenvalue weighted by Gasteiger charge is -2.29. The molecular formula is C31H32ClFN6. The Labute approximate surface area is 232 Å². The van der Waals surface area contributed by atoms with Crippen molar-refractivity contribution in [1.82, 2.24) is 25.2 Å². The van der Waals surface area contributed by atoms with Gasteiger partial charge in [-0.25, -0.2) is 9.37 Å². The van der Waals surface area contributed by atoms with Gasteiger partial charge in [0.2, 0.25) is 5.95 Å². The number of benzene rings is 3. The minimum Gasteiger partial charge on any atom is -0.357 e. The number of aromatic amines is 1. The molecule has 4 heterocycles. The van der Waals surface area contributed by atoms with Gasteiger partial charge in [-0.15, -0.1) is 0 Å². The molecule has 7 rings (SSSR count). The summed E-state index contributed by atoms with van der Waals surface area (Å²) in [5, 5.41) is 9.16. The number of para-hydroxylation sites is 1. The highest BCUT2D eigenvalue weighted by atomic mass is 35.5. The lowest BCUT2D eigenvalue weighted by Crippen LogP contribution is -2.44. The van der Waals surface area contributed by atoms with E-state index in [-0.39, 0.29) is 11.9 Å². The molecule has 1 unspecified atom stereocenters. The number of hydrogen-bond donors (Lipinski definition) is 3. The Kier molecular flexibility index (Phi) is 6.10. The van der Waals surface area contributed by atoms with Gasteiger partial charge in [0.1, 0.15) is 5.82 Å². The number of halogens is 2. The number of piperazine rings is 1. The second-order valence-corrected chi connectivity index (χ2v) is 11.3. The predicted molar refractivity (Wildman–Crippen MR) is 157 cm³/mol. The minimum absolute atomic E-state index is 0.0446. The summed E-state index contributed by atoms with van der Waals surface area (Å²) in [5.74, 6) is 0.793. The van der Waals surface area contributed by atoms with Gasteiger partial charge in [0.15, 0.2) is 0 Å². The van der Waals surface area contributed by atoms with Crippen LogP contribution in [-0.4, -0.2) is 47.3 Å². The van der Waals surface area contributed by atoms with Crippen LogP contribution in [0, 0.1) is 19.7 Å². The Hall–Kier alpha value is -3.39. The van der Waals surface area contributed by atoms with E-state index in [1.54, 1.807) is 0 Å². The first-order valence-electron chi connectivity index (χ1n) is 13.7. The average Bonchev–Trinajstić information content (AvgIpc) is 3.50. The molecule has 5 aromatic rings. The number of H-pyrrole nitrogens is 1. The zero-order valence-electron chi connectivity index (χ0n) is 22.2. The molecule has 0 aliphatic carbocycles. The first-order chi connectivity index (χ1) is 19.0. The molecule has 1 saturated heterocycles. The van der Waals surface area contributed by atoms with Crippen molar-refractivity contribution in [1.29, 1.82) is 0 Å². The maximum Gasteiger partial charge on any atom is 0.206 e. The largest absolute Gasteiger partial charge is 0.357 e. The second-order valence-electron chi connectivity index (χ2n) is 10.8. The van der Waals surface area contributed by atoms with Crippen molar-refractivity contribution in [3.05, 3.63) is 92.9 Å². The molecular weight excluding hydrogens is 511 g/mol. The molecule has 0 radical (unpaired) electrons. The third kappa shape index (κ3) is 4.20. The molecule has 0 spiro atoms. The van der Waals surface area contributed by atoms with Crippen LogP contribution in [-0.2, 0) is 13.0 Å². The molecule has 3 aromatic carbocycles. The number of imidazole rings is 1. The van der Waals surface area contributed by atoms with Crippen LogP contribution < -0.4 is 15.5 Å². The lowest BCUT2D eigenvalue weighted by atomic mass is 9.93. The highest BCUT2D eigenvalue weighted by molar-refractivity contribution is 6.31. The number of nitrogens with zero attached hydrogens (tertiary/aromatic N) is 3. The number of nitrogens with one attached hydrogen (secondary N) is 3. The van der Waals surface area contributed by atoms with E-state index in [2.05, 4.69) is 55.4 Å². The van der Waals surface area contributed by atoms with E-state index < -0.39 is 0 Å². The molecule has 3 N–H and O–H groups in total. The number of aryl methyl sites for hydroxylation is 2. The van der Waals surface area contributed by atoms with Crippen molar-refractivity contribution in [2.24, 2.45) is 0 Å². The van der Waals surface area contributed by atoms with E-state index >= 15 is 0 Å². The lowest BCUT2D eigenvalue weighted by molar-refractivity contribution is 0.562. The molecule has 0 bridgehead atoms. The van der Waals surface area contributed by atoms with Crippen molar-refractivity contribution in [2.75, 3.05) is 37.6 Å². The zero-order valence-corrected chi connectivity index (χ0v) is 23.0. The van der Waals surface area contributed by atoms with Crippen molar-refractivity contribution in [3.8, 4) is 0 Å². The highest BCUT2D eigenvalue weighted by Crippen LogP contribution is 2.39. The molecule has 2 aromatic heterocycles. The predicted octanol–water partition coefficient (Wildman–Crippen LogP) is 5.62. The second kappa shape index (κ2) is 9.66. The average molecular weight is 543 g/mol. The van der Waals surface area contributed by atoms with Gasteiger partial charge in [0.25, 0.3) is 0 Å². The summed E-state index contributed by atoms with van der Waals surface area (Å²) in [7, 11) is 0. The summed E-state index contributed by atoms with van der Waals surface area (Å²) in [5.41, 5.74) is 9.11. The molecule has 1 fully saturated rings. The Balaban J connectivity index is 1.42. The van der Waals surface area contributed by atoms with E-state index in [1.165, 1.54) is 16.6 Å². The number of fused-ring (bicyclic) bond motifs is 4. The maximum absolute atomic E-state index is 14.5. The van der Waals surface area contributed by atoms with Gasteiger partial charge >= 0.3 is 0 Å². The number of anilines is 1. The first kappa shape index (κ1) is 24.6. The number of rotatable bonds is 4. The van der Waals surface area contributed by atoms with Crippen LogP contribution in [0.25, 0.3) is 21.9 Å². The standard InChI is InChI=1S/C31H32ClFN6/c1-18-13-20(14-19(2)27(18)33)17-39-26-16-21(32)15-24(28(26)37-31(39)38-11-9-34-10-12-38)29-30-23(7-8-35-29)22-5-3-4-6-25(22)36-30/h3-6,13-16,29,34-36H,7-12,17H2,1-2H3. The van der Waals surface area contributed by atoms with E-state index in [9.17, 15) is 4.39 Å². The van der Waals surface area contributed by atoms with Gasteiger partial charge in [0, 0.05) is 59.9 Å². The van der Waals surface area contributed by atoms with Gasteiger partial charge in [-0.05, 0) is 60.7 Å². The quantitative estimate of drug-likeness (QED) is 0.276. The van der Waals surface area contributed by atoms with Gasteiger partial charge < -0.3 is 25.1 Å². The van der Waals surface area contributed by atoms with Gasteiger partial charge in [-0.1, -0.05) is 41.9 Å². The fourth-order valence-corrected chi connectivity index (χ4v) is 6.66. The fraction of sp³-hybridized carbons (Fsp3) is 0.323. The van der Waals surface area contributed by atoms with E-state index in [0.717, 1.165) is 72.8 Å². The summed E-state index contributed by atoms with van der Waals surface area (Å²) in [6.07, 6.45) is 0.975. The summed E-state index contributed by atoms with van der Waals surface area (Å²) in [6, 6.07) is 16.4. The Bertz CT molecular complexity index is 1690. The molecule has 39 heavy (non-hydrogen) atoms. The summed E-state index contributed by atoms with van der Waals surface area (Å²) >= 11 is 6.84. The molecule has 200 valence electrons. The van der Waals surface area contributed by atoms with Crippen LogP contribution in [0.2, 0.25) is 5.02 Å². The van der Waals surface area contributed by atoms with E-state index in [4.69, 9.17) is 16.6 Å². The molecule has 8 heteroatoms. The first-order valence-corrected chi connectivity index (χ1v) is 14.1. The third-order valence-corrected chi connectivity index (χ3v) is 8.45. The van der Waals surface area contributed by atoms with Crippen LogP contribution in [0.1, 0.15) is 39.6 Å². The van der Waals surface area contributed by atoms with Crippen molar-refractivity contribution >= 4 is 39.5 Å². The van der Waals surface area contributed by atoms with Crippen molar-refractivity contribution in [3.63, 3.8) is 0 Å². The van der Waals surface area contributed by atoms with Crippen LogP contribution in [0.5, 0.6) is 0 Å². The van der Waals surface area contributed by atoms with Crippen molar-refractivity contribution < 1.29 is 4.39 Å². The highest BCUT2D eigenvalue weighted by Gasteiger charge is 2.29. The molecule has 0 amide bonds. The third-order valence-electron chi connectivity index (χ3n) is 8.23. The van der Waals surface area contributed by atoms with Crippen LogP contribution in [0.15, 0.2) is 48.5 Å². The fourth-order valence-electron chi connectivity index (χ4n) is 6.44. The SMILES string of the molecule is Cc1cc(Cn2c(N3CCNCC3)nc3c(C4NCCc5c4[nH]c4ccccc54)cc(Cl)cc32)cc(C)c1F.